The first kappa shape index (κ1) is 17.5. The summed E-state index contributed by atoms with van der Waals surface area (Å²) < 4.78 is 41.3. The zero-order chi connectivity index (χ0) is 15.2. The summed E-state index contributed by atoms with van der Waals surface area (Å²) in [5.74, 6) is -4.01. The van der Waals surface area contributed by atoms with Gasteiger partial charge in [-0.25, -0.2) is 0 Å². The van der Waals surface area contributed by atoms with Crippen LogP contribution in [0.1, 0.15) is 20.3 Å². The second-order valence-electron chi connectivity index (χ2n) is 4.40. The van der Waals surface area contributed by atoms with Crippen LogP contribution in [0.2, 0.25) is 0 Å². The van der Waals surface area contributed by atoms with Crippen molar-refractivity contribution >= 4 is 11.9 Å². The predicted molar refractivity (Wildman–Crippen MR) is 63.1 cm³/mol. The molecule has 0 radical (unpaired) electrons. The van der Waals surface area contributed by atoms with Crippen molar-refractivity contribution in [2.45, 2.75) is 32.5 Å². The van der Waals surface area contributed by atoms with Crippen molar-refractivity contribution in [3.05, 3.63) is 12.7 Å². The van der Waals surface area contributed by atoms with Gasteiger partial charge >= 0.3 is 18.1 Å². The number of hydrogen-bond donors (Lipinski definition) is 1. The Morgan fingerprint density at radius 1 is 1.37 bits per heavy atom. The molecule has 110 valence electrons. The summed E-state index contributed by atoms with van der Waals surface area (Å²) in [7, 11) is 1.14. The molecule has 2 atom stereocenters. The highest BCUT2D eigenvalue weighted by Gasteiger charge is 2.42. The molecule has 0 aromatic rings. The van der Waals surface area contributed by atoms with E-state index in [2.05, 4.69) is 11.3 Å². The summed E-state index contributed by atoms with van der Waals surface area (Å²) in [5, 5.41) is 1.84. The first-order valence-corrected chi connectivity index (χ1v) is 5.71. The Hall–Kier alpha value is -1.53. The Bertz CT molecular complexity index is 340. The Morgan fingerprint density at radius 2 is 1.89 bits per heavy atom. The summed E-state index contributed by atoms with van der Waals surface area (Å²) in [6, 6.07) is -0.973. The van der Waals surface area contributed by atoms with Crippen molar-refractivity contribution in [1.82, 2.24) is 5.32 Å². The van der Waals surface area contributed by atoms with E-state index in [1.165, 1.54) is 6.08 Å². The van der Waals surface area contributed by atoms with Gasteiger partial charge in [0, 0.05) is 6.04 Å². The van der Waals surface area contributed by atoms with Crippen LogP contribution in [0.4, 0.5) is 13.2 Å². The van der Waals surface area contributed by atoms with Crippen LogP contribution < -0.4 is 5.32 Å². The van der Waals surface area contributed by atoms with E-state index in [1.54, 1.807) is 13.8 Å². The highest BCUT2D eigenvalue weighted by molar-refractivity contribution is 5.83. The molecule has 7 heteroatoms. The second-order valence-corrected chi connectivity index (χ2v) is 4.40. The number of ether oxygens (including phenoxy) is 1. The fraction of sp³-hybridized carbons (Fsp3) is 0.667. The van der Waals surface area contributed by atoms with E-state index in [4.69, 9.17) is 0 Å². The predicted octanol–water partition coefficient (Wildman–Crippen LogP) is 2.05. The van der Waals surface area contributed by atoms with Crippen LogP contribution in [0.15, 0.2) is 12.7 Å². The largest absolute Gasteiger partial charge is 0.471 e. The number of allylic oxidation sites excluding steroid dienone is 1. The van der Waals surface area contributed by atoms with Crippen LogP contribution in [0.3, 0.4) is 0 Å². The molecule has 0 heterocycles. The Morgan fingerprint density at radius 3 is 2.21 bits per heavy atom. The van der Waals surface area contributed by atoms with E-state index >= 15 is 0 Å². The van der Waals surface area contributed by atoms with Gasteiger partial charge in [0.05, 0.1) is 13.0 Å². The maximum Gasteiger partial charge on any atom is 0.471 e. The van der Waals surface area contributed by atoms with Crippen LogP contribution >= 0.6 is 0 Å². The molecule has 0 saturated carbocycles. The number of nitrogens with one attached hydrogen (secondary N) is 1. The quantitative estimate of drug-likeness (QED) is 0.599. The van der Waals surface area contributed by atoms with Crippen LogP contribution in [-0.4, -0.2) is 31.2 Å². The molecule has 19 heavy (non-hydrogen) atoms. The molecule has 1 amide bonds. The SMILES string of the molecule is C=CC[C@@H](C(=O)OC)[C@@H](NC(=O)C(F)(F)F)C(C)C. The summed E-state index contributed by atoms with van der Waals surface area (Å²) in [6.45, 7) is 6.67. The summed E-state index contributed by atoms with van der Waals surface area (Å²) in [5.41, 5.74) is 0. The van der Waals surface area contributed by atoms with E-state index in [-0.39, 0.29) is 12.3 Å². The molecule has 0 aliphatic heterocycles. The zero-order valence-corrected chi connectivity index (χ0v) is 11.1. The topological polar surface area (TPSA) is 55.4 Å². The Labute approximate surface area is 110 Å². The van der Waals surface area contributed by atoms with E-state index in [9.17, 15) is 22.8 Å². The van der Waals surface area contributed by atoms with Crippen molar-refractivity contribution in [3.8, 4) is 0 Å². The number of halogens is 3. The highest BCUT2D eigenvalue weighted by atomic mass is 19.4. The number of rotatable bonds is 6. The fourth-order valence-electron chi connectivity index (χ4n) is 1.69. The van der Waals surface area contributed by atoms with Crippen LogP contribution in [-0.2, 0) is 14.3 Å². The summed E-state index contributed by atoms with van der Waals surface area (Å²) in [4.78, 5) is 22.6. The smallest absolute Gasteiger partial charge is 0.469 e. The maximum absolute atomic E-state index is 12.3. The van der Waals surface area contributed by atoms with E-state index in [0.717, 1.165) is 7.11 Å². The first-order chi connectivity index (χ1) is 8.65. The third kappa shape index (κ3) is 5.32. The number of hydrogen-bond acceptors (Lipinski definition) is 3. The van der Waals surface area contributed by atoms with E-state index in [1.807, 2.05) is 5.32 Å². The third-order valence-electron chi connectivity index (χ3n) is 2.63. The molecule has 0 fully saturated rings. The molecule has 0 aromatic heterocycles. The lowest BCUT2D eigenvalue weighted by molar-refractivity contribution is -0.175. The number of alkyl halides is 3. The molecule has 0 aliphatic carbocycles. The monoisotopic (exact) mass is 281 g/mol. The van der Waals surface area contributed by atoms with Gasteiger partial charge in [-0.05, 0) is 12.3 Å². The minimum Gasteiger partial charge on any atom is -0.469 e. The molecule has 4 nitrogen and oxygen atoms in total. The van der Waals surface area contributed by atoms with Gasteiger partial charge in [0.15, 0.2) is 0 Å². The van der Waals surface area contributed by atoms with Gasteiger partial charge in [-0.2, -0.15) is 13.2 Å². The Kier molecular flexibility index (Phi) is 6.58. The average molecular weight is 281 g/mol. The molecule has 0 aliphatic rings. The van der Waals surface area contributed by atoms with Gasteiger partial charge in [-0.3, -0.25) is 9.59 Å². The number of carbonyl (C=O) groups excluding carboxylic acids is 2. The minimum absolute atomic E-state index is 0.119. The third-order valence-corrected chi connectivity index (χ3v) is 2.63. The number of amides is 1. The standard InChI is InChI=1S/C12H18F3NO3/c1-5-6-8(10(17)19-4)9(7(2)3)16-11(18)12(13,14)15/h5,7-9H,1,6H2,2-4H3,(H,16,18)/t8-,9+/m1/s1. The number of esters is 1. The average Bonchev–Trinajstić information content (AvgIpc) is 2.30. The van der Waals surface area contributed by atoms with Gasteiger partial charge in [0.2, 0.25) is 0 Å². The summed E-state index contributed by atoms with van der Waals surface area (Å²) >= 11 is 0. The maximum atomic E-state index is 12.3. The van der Waals surface area contributed by atoms with Gasteiger partial charge < -0.3 is 10.1 Å². The van der Waals surface area contributed by atoms with Crippen molar-refractivity contribution < 1.29 is 27.5 Å². The number of methoxy groups -OCH3 is 1. The lowest BCUT2D eigenvalue weighted by Gasteiger charge is -2.29. The van der Waals surface area contributed by atoms with Crippen LogP contribution in [0, 0.1) is 11.8 Å². The molecule has 0 saturated heterocycles. The molecular weight excluding hydrogens is 263 g/mol. The molecule has 1 N–H and O–H groups in total. The Balaban J connectivity index is 5.10. The molecular formula is C12H18F3NO3. The van der Waals surface area contributed by atoms with E-state index < -0.39 is 30.0 Å². The fourth-order valence-corrected chi connectivity index (χ4v) is 1.69. The molecule has 0 spiro atoms. The van der Waals surface area contributed by atoms with Crippen LogP contribution in [0.5, 0.6) is 0 Å². The van der Waals surface area contributed by atoms with Crippen molar-refractivity contribution in [2.75, 3.05) is 7.11 Å². The van der Waals surface area contributed by atoms with E-state index in [0.29, 0.717) is 0 Å². The summed E-state index contributed by atoms with van der Waals surface area (Å²) in [6.07, 6.45) is -3.47. The highest BCUT2D eigenvalue weighted by Crippen LogP contribution is 2.22. The molecule has 0 rings (SSSR count). The van der Waals surface area contributed by atoms with Crippen molar-refractivity contribution in [2.24, 2.45) is 11.8 Å². The second kappa shape index (κ2) is 7.16. The normalized spacial score (nSPS) is 14.7. The number of carbonyl (C=O) groups is 2. The first-order valence-electron chi connectivity index (χ1n) is 5.71. The van der Waals surface area contributed by atoms with Crippen molar-refractivity contribution in [1.29, 1.82) is 0 Å². The van der Waals surface area contributed by atoms with Gasteiger partial charge in [0.1, 0.15) is 0 Å². The zero-order valence-electron chi connectivity index (χ0n) is 11.1. The lowest BCUT2D eigenvalue weighted by atomic mass is 9.88. The molecule has 0 aromatic carbocycles. The van der Waals surface area contributed by atoms with Gasteiger partial charge in [-0.15, -0.1) is 6.58 Å². The van der Waals surface area contributed by atoms with Crippen LogP contribution in [0.25, 0.3) is 0 Å². The molecule has 0 unspecified atom stereocenters. The van der Waals surface area contributed by atoms with Gasteiger partial charge in [-0.1, -0.05) is 19.9 Å². The lowest BCUT2D eigenvalue weighted by Crippen LogP contribution is -2.50. The minimum atomic E-state index is -4.98. The van der Waals surface area contributed by atoms with Crippen molar-refractivity contribution in [3.63, 3.8) is 0 Å². The molecule has 0 bridgehead atoms. The van der Waals surface area contributed by atoms with Gasteiger partial charge in [0.25, 0.3) is 0 Å².